The number of aromatic carboxylic acids is 1. The third-order valence-electron chi connectivity index (χ3n) is 2.57. The van der Waals surface area contributed by atoms with Gasteiger partial charge in [-0.1, -0.05) is 0 Å². The van der Waals surface area contributed by atoms with E-state index in [2.05, 4.69) is 15.6 Å². The van der Waals surface area contributed by atoms with E-state index in [1.807, 2.05) is 17.7 Å². The third kappa shape index (κ3) is 3.78. The van der Waals surface area contributed by atoms with E-state index >= 15 is 0 Å². The molecule has 2 heterocycles. The number of thiazole rings is 1. The molecule has 0 fully saturated rings. The van der Waals surface area contributed by atoms with Gasteiger partial charge in [0.2, 0.25) is 0 Å². The van der Waals surface area contributed by atoms with E-state index in [9.17, 15) is 9.59 Å². The number of carboxylic acid groups (broad SMARTS) is 1. The number of thiophene rings is 1. The molecule has 0 aliphatic carbocycles. The predicted octanol–water partition coefficient (Wildman–Crippen LogP) is 2.21. The predicted molar refractivity (Wildman–Crippen MR) is 77.2 cm³/mol. The topological polar surface area (TPSA) is 91.3 Å². The summed E-state index contributed by atoms with van der Waals surface area (Å²) >= 11 is 2.80. The van der Waals surface area contributed by atoms with E-state index < -0.39 is 5.97 Å². The molecule has 0 atom stereocenters. The molecular weight excluding hydrogens is 298 g/mol. The van der Waals surface area contributed by atoms with Gasteiger partial charge in [-0.3, -0.25) is 0 Å². The number of aromatic nitrogens is 1. The summed E-state index contributed by atoms with van der Waals surface area (Å²) in [5.74, 6) is -1.06. The van der Waals surface area contributed by atoms with Gasteiger partial charge in [-0.2, -0.15) is 11.3 Å². The molecule has 0 bridgehead atoms. The van der Waals surface area contributed by atoms with Crippen molar-refractivity contribution in [1.82, 2.24) is 15.6 Å². The second kappa shape index (κ2) is 6.49. The second-order valence-electron chi connectivity index (χ2n) is 4.05. The lowest BCUT2D eigenvalue weighted by atomic mass is 10.2. The highest BCUT2D eigenvalue weighted by atomic mass is 32.1. The third-order valence-corrected chi connectivity index (χ3v) is 4.33. The first kappa shape index (κ1) is 14.5. The Morgan fingerprint density at radius 1 is 1.25 bits per heavy atom. The highest BCUT2D eigenvalue weighted by Crippen LogP contribution is 2.13. The minimum Gasteiger partial charge on any atom is -0.476 e. The summed E-state index contributed by atoms with van der Waals surface area (Å²) in [6, 6.07) is -0.303. The van der Waals surface area contributed by atoms with Gasteiger partial charge in [0.05, 0.1) is 6.54 Å². The number of nitrogens with one attached hydrogen (secondary N) is 2. The minimum absolute atomic E-state index is 0.00102. The van der Waals surface area contributed by atoms with Gasteiger partial charge in [-0.05, 0) is 28.8 Å². The first-order valence-corrected chi connectivity index (χ1v) is 7.59. The molecule has 0 aliphatic rings. The Balaban J connectivity index is 1.77. The maximum atomic E-state index is 11.6. The van der Waals surface area contributed by atoms with Crippen molar-refractivity contribution in [2.45, 2.75) is 20.0 Å². The van der Waals surface area contributed by atoms with Gasteiger partial charge in [-0.15, -0.1) is 11.3 Å². The van der Waals surface area contributed by atoms with Crippen LogP contribution in [0.25, 0.3) is 0 Å². The lowest BCUT2D eigenvalue weighted by Gasteiger charge is -2.06. The van der Waals surface area contributed by atoms with Crippen LogP contribution in [0.1, 0.15) is 26.6 Å². The van der Waals surface area contributed by atoms with Crippen molar-refractivity contribution >= 4 is 34.7 Å². The fourth-order valence-corrected chi connectivity index (χ4v) is 3.02. The summed E-state index contributed by atoms with van der Waals surface area (Å²) < 4.78 is 0. The Hall–Kier alpha value is -1.93. The summed E-state index contributed by atoms with van der Waals surface area (Å²) in [5.41, 5.74) is 2.25. The quantitative estimate of drug-likeness (QED) is 0.789. The van der Waals surface area contributed by atoms with E-state index in [1.165, 1.54) is 16.7 Å². The molecule has 106 valence electrons. The Labute approximate surface area is 123 Å². The van der Waals surface area contributed by atoms with Gasteiger partial charge < -0.3 is 15.7 Å². The van der Waals surface area contributed by atoms with Crippen LogP contribution >= 0.6 is 22.7 Å². The van der Waals surface area contributed by atoms with Gasteiger partial charge >= 0.3 is 12.0 Å². The van der Waals surface area contributed by atoms with Gasteiger partial charge in [0.1, 0.15) is 5.01 Å². The summed E-state index contributed by atoms with van der Waals surface area (Å²) in [7, 11) is 0. The van der Waals surface area contributed by atoms with Crippen molar-refractivity contribution in [2.75, 3.05) is 0 Å². The lowest BCUT2D eigenvalue weighted by Crippen LogP contribution is -2.34. The molecule has 8 heteroatoms. The van der Waals surface area contributed by atoms with Crippen LogP contribution in [-0.2, 0) is 13.1 Å². The maximum absolute atomic E-state index is 11.6. The zero-order chi connectivity index (χ0) is 14.5. The van der Waals surface area contributed by atoms with Crippen molar-refractivity contribution < 1.29 is 14.7 Å². The van der Waals surface area contributed by atoms with E-state index in [-0.39, 0.29) is 18.3 Å². The monoisotopic (exact) mass is 311 g/mol. The van der Waals surface area contributed by atoms with Crippen molar-refractivity contribution in [3.63, 3.8) is 0 Å². The van der Waals surface area contributed by atoms with Crippen molar-refractivity contribution in [2.24, 2.45) is 0 Å². The normalized spacial score (nSPS) is 10.2. The van der Waals surface area contributed by atoms with Crippen LogP contribution in [0.2, 0.25) is 0 Å². The first-order chi connectivity index (χ1) is 9.56. The van der Waals surface area contributed by atoms with Gasteiger partial charge in [0, 0.05) is 11.9 Å². The number of hydrogen-bond acceptors (Lipinski definition) is 5. The standard InChI is InChI=1S/C12H13N3O3S2/c1-7-4-19-5-8(7)2-13-12(18)14-3-10-15-9(6-20-10)11(16)17/h4-6H,2-3H2,1H3,(H,16,17)(H2,13,14,18). The number of rotatable bonds is 5. The molecule has 2 aromatic rings. The fourth-order valence-electron chi connectivity index (χ4n) is 1.45. The van der Waals surface area contributed by atoms with Crippen LogP contribution in [0.4, 0.5) is 4.79 Å². The molecular formula is C12H13N3O3S2. The Kier molecular flexibility index (Phi) is 4.70. The molecule has 20 heavy (non-hydrogen) atoms. The van der Waals surface area contributed by atoms with Crippen molar-refractivity contribution in [1.29, 1.82) is 0 Å². The number of aryl methyl sites for hydroxylation is 1. The van der Waals surface area contributed by atoms with Crippen molar-refractivity contribution in [3.8, 4) is 0 Å². The van der Waals surface area contributed by atoms with Gasteiger partial charge in [0.25, 0.3) is 0 Å². The van der Waals surface area contributed by atoms with Crippen LogP contribution < -0.4 is 10.6 Å². The number of urea groups is 1. The fraction of sp³-hybridized carbons (Fsp3) is 0.250. The summed E-state index contributed by atoms with van der Waals surface area (Å²) in [6.07, 6.45) is 0. The van der Waals surface area contributed by atoms with Crippen LogP contribution in [0.5, 0.6) is 0 Å². The molecule has 2 aromatic heterocycles. The number of carboxylic acids is 1. The highest BCUT2D eigenvalue weighted by molar-refractivity contribution is 7.09. The largest absolute Gasteiger partial charge is 0.476 e. The molecule has 0 spiro atoms. The van der Waals surface area contributed by atoms with E-state index in [4.69, 9.17) is 5.11 Å². The summed E-state index contributed by atoms with van der Waals surface area (Å²) in [6.45, 7) is 2.68. The minimum atomic E-state index is -1.06. The number of nitrogens with zero attached hydrogens (tertiary/aromatic N) is 1. The molecule has 2 rings (SSSR count). The highest BCUT2D eigenvalue weighted by Gasteiger charge is 2.09. The molecule has 0 radical (unpaired) electrons. The van der Waals surface area contributed by atoms with Gasteiger partial charge in [-0.25, -0.2) is 14.6 Å². The maximum Gasteiger partial charge on any atom is 0.355 e. The van der Waals surface area contributed by atoms with E-state index in [0.29, 0.717) is 11.6 Å². The first-order valence-electron chi connectivity index (χ1n) is 5.77. The molecule has 0 saturated heterocycles. The number of hydrogen-bond donors (Lipinski definition) is 3. The molecule has 0 unspecified atom stereocenters. The number of carbonyl (C=O) groups excluding carboxylic acids is 1. The average molecular weight is 311 g/mol. The molecule has 0 aromatic carbocycles. The van der Waals surface area contributed by atoms with E-state index in [0.717, 1.165) is 11.1 Å². The van der Waals surface area contributed by atoms with Gasteiger partial charge in [0.15, 0.2) is 5.69 Å². The molecule has 0 aliphatic heterocycles. The van der Waals surface area contributed by atoms with Crippen molar-refractivity contribution in [3.05, 3.63) is 38.0 Å². The number of amides is 2. The molecule has 3 N–H and O–H groups in total. The van der Waals surface area contributed by atoms with E-state index in [1.54, 1.807) is 11.3 Å². The Morgan fingerprint density at radius 3 is 2.60 bits per heavy atom. The molecule has 2 amide bonds. The van der Waals surface area contributed by atoms with Crippen LogP contribution in [0, 0.1) is 6.92 Å². The zero-order valence-electron chi connectivity index (χ0n) is 10.7. The molecule has 6 nitrogen and oxygen atoms in total. The summed E-state index contributed by atoms with van der Waals surface area (Å²) in [5, 5.41) is 20.2. The average Bonchev–Trinajstić information content (AvgIpc) is 3.03. The SMILES string of the molecule is Cc1cscc1CNC(=O)NCc1nc(C(=O)O)cs1. The zero-order valence-corrected chi connectivity index (χ0v) is 12.3. The smallest absolute Gasteiger partial charge is 0.355 e. The van der Waals surface area contributed by atoms with Crippen LogP contribution in [0.3, 0.4) is 0 Å². The number of carbonyl (C=O) groups is 2. The van der Waals surface area contributed by atoms with Crippen LogP contribution in [0.15, 0.2) is 16.1 Å². The van der Waals surface area contributed by atoms with Crippen LogP contribution in [-0.4, -0.2) is 22.1 Å². The second-order valence-corrected chi connectivity index (χ2v) is 5.73. The Morgan fingerprint density at radius 2 is 2.00 bits per heavy atom. The Bertz CT molecular complexity index is 621. The molecule has 0 saturated carbocycles. The summed E-state index contributed by atoms with van der Waals surface area (Å²) in [4.78, 5) is 26.2. The lowest BCUT2D eigenvalue weighted by molar-refractivity contribution is 0.0691.